The molecule has 3 amide bonds. The molecule has 1 heterocycles. The van der Waals surface area contributed by atoms with Crippen LogP contribution in [-0.4, -0.2) is 39.8 Å². The molecule has 0 fully saturated rings. The number of nitrogens with zero attached hydrogens (tertiary/aromatic N) is 1. The Morgan fingerprint density at radius 2 is 1.53 bits per heavy atom. The SMILES string of the molecule is COc1cc(NC(=O)NC(C(=O)N2CCc3ccccc32)c2ccccc2)cc(OC)c1OC. The van der Waals surface area contributed by atoms with E-state index in [9.17, 15) is 9.59 Å². The molecule has 1 aliphatic heterocycles. The molecule has 2 N–H and O–H groups in total. The van der Waals surface area contributed by atoms with Crippen molar-refractivity contribution in [2.24, 2.45) is 0 Å². The van der Waals surface area contributed by atoms with Gasteiger partial charge in [-0.3, -0.25) is 4.79 Å². The summed E-state index contributed by atoms with van der Waals surface area (Å²) in [6, 6.07) is 18.9. The molecule has 0 spiro atoms. The highest BCUT2D eigenvalue weighted by atomic mass is 16.5. The van der Waals surface area contributed by atoms with Crippen molar-refractivity contribution in [1.82, 2.24) is 5.32 Å². The molecule has 1 atom stereocenters. The number of hydrogen-bond donors (Lipinski definition) is 2. The molecule has 8 heteroatoms. The van der Waals surface area contributed by atoms with Gasteiger partial charge in [0.25, 0.3) is 5.91 Å². The Kier molecular flexibility index (Phi) is 6.87. The highest BCUT2D eigenvalue weighted by Crippen LogP contribution is 2.40. The lowest BCUT2D eigenvalue weighted by Crippen LogP contribution is -2.43. The van der Waals surface area contributed by atoms with E-state index >= 15 is 0 Å². The van der Waals surface area contributed by atoms with Gasteiger partial charge in [0.05, 0.1) is 27.0 Å². The van der Waals surface area contributed by atoms with Gasteiger partial charge in [-0.1, -0.05) is 48.5 Å². The Bertz CT molecular complexity index is 1160. The summed E-state index contributed by atoms with van der Waals surface area (Å²) in [7, 11) is 4.50. The van der Waals surface area contributed by atoms with Gasteiger partial charge in [-0.05, 0) is 23.6 Å². The fraction of sp³-hybridized carbons (Fsp3) is 0.231. The molecule has 3 aromatic carbocycles. The first-order chi connectivity index (χ1) is 16.5. The van der Waals surface area contributed by atoms with Gasteiger partial charge < -0.3 is 29.7 Å². The number of methoxy groups -OCH3 is 3. The van der Waals surface area contributed by atoms with Crippen LogP contribution in [0.3, 0.4) is 0 Å². The van der Waals surface area contributed by atoms with Crippen LogP contribution in [0.1, 0.15) is 17.2 Å². The summed E-state index contributed by atoms with van der Waals surface area (Å²) in [5.74, 6) is 1.03. The minimum atomic E-state index is -0.866. The van der Waals surface area contributed by atoms with Crippen LogP contribution < -0.4 is 29.7 Å². The van der Waals surface area contributed by atoms with Crippen LogP contribution >= 0.6 is 0 Å². The number of ether oxygens (including phenoxy) is 3. The first kappa shape index (κ1) is 23.0. The van der Waals surface area contributed by atoms with Crippen molar-refractivity contribution in [3.63, 3.8) is 0 Å². The van der Waals surface area contributed by atoms with Crippen molar-refractivity contribution in [2.45, 2.75) is 12.5 Å². The molecule has 0 aromatic heterocycles. The van der Waals surface area contributed by atoms with Gasteiger partial charge in [0.15, 0.2) is 11.5 Å². The van der Waals surface area contributed by atoms with E-state index in [2.05, 4.69) is 10.6 Å². The minimum Gasteiger partial charge on any atom is -0.493 e. The first-order valence-corrected chi connectivity index (χ1v) is 10.9. The van der Waals surface area contributed by atoms with Crippen molar-refractivity contribution in [3.05, 3.63) is 77.9 Å². The molecule has 0 saturated carbocycles. The molecular formula is C26H27N3O5. The largest absolute Gasteiger partial charge is 0.493 e. The molecule has 1 aliphatic rings. The number of fused-ring (bicyclic) bond motifs is 1. The monoisotopic (exact) mass is 461 g/mol. The van der Waals surface area contributed by atoms with Gasteiger partial charge in [0.1, 0.15) is 6.04 Å². The maximum atomic E-state index is 13.6. The van der Waals surface area contributed by atoms with Crippen LogP contribution in [0.2, 0.25) is 0 Å². The number of urea groups is 1. The zero-order valence-corrected chi connectivity index (χ0v) is 19.3. The van der Waals surface area contributed by atoms with Crippen molar-refractivity contribution in [2.75, 3.05) is 38.1 Å². The number of rotatable bonds is 7. The number of hydrogen-bond acceptors (Lipinski definition) is 5. The molecule has 8 nitrogen and oxygen atoms in total. The molecule has 0 bridgehead atoms. The number of nitrogens with one attached hydrogen (secondary N) is 2. The van der Waals surface area contributed by atoms with E-state index < -0.39 is 12.1 Å². The highest BCUT2D eigenvalue weighted by Gasteiger charge is 2.32. The second-order valence-corrected chi connectivity index (χ2v) is 7.72. The third-order valence-corrected chi connectivity index (χ3v) is 5.73. The van der Waals surface area contributed by atoms with Crippen molar-refractivity contribution in [3.8, 4) is 17.2 Å². The molecule has 0 aliphatic carbocycles. The van der Waals surface area contributed by atoms with E-state index in [1.165, 1.54) is 21.3 Å². The van der Waals surface area contributed by atoms with E-state index in [0.29, 0.717) is 35.0 Å². The molecule has 1 unspecified atom stereocenters. The smallest absolute Gasteiger partial charge is 0.320 e. The molecule has 0 radical (unpaired) electrons. The Hall–Kier alpha value is -4.20. The van der Waals surface area contributed by atoms with Gasteiger partial charge in [-0.25, -0.2) is 4.79 Å². The quantitative estimate of drug-likeness (QED) is 0.552. The summed E-state index contributed by atoms with van der Waals surface area (Å²) < 4.78 is 16.0. The average Bonchev–Trinajstić information content (AvgIpc) is 3.31. The van der Waals surface area contributed by atoms with Gasteiger partial charge in [-0.2, -0.15) is 0 Å². The Morgan fingerprint density at radius 3 is 2.18 bits per heavy atom. The molecule has 3 aromatic rings. The van der Waals surface area contributed by atoms with Gasteiger partial charge >= 0.3 is 6.03 Å². The maximum absolute atomic E-state index is 13.6. The first-order valence-electron chi connectivity index (χ1n) is 10.9. The van der Waals surface area contributed by atoms with Crippen LogP contribution in [0, 0.1) is 0 Å². The topological polar surface area (TPSA) is 89.1 Å². The zero-order chi connectivity index (χ0) is 24.1. The van der Waals surface area contributed by atoms with Crippen molar-refractivity contribution < 1.29 is 23.8 Å². The number of carbonyl (C=O) groups excluding carboxylic acids is 2. The third-order valence-electron chi connectivity index (χ3n) is 5.73. The predicted octanol–water partition coefficient (Wildman–Crippen LogP) is 4.16. The number of anilines is 2. The molecule has 34 heavy (non-hydrogen) atoms. The number of carbonyl (C=O) groups is 2. The van der Waals surface area contributed by atoms with Gasteiger partial charge in [0, 0.05) is 24.4 Å². The van der Waals surface area contributed by atoms with Gasteiger partial charge in [-0.15, -0.1) is 0 Å². The van der Waals surface area contributed by atoms with Crippen LogP contribution in [0.25, 0.3) is 0 Å². The summed E-state index contributed by atoms with van der Waals surface area (Å²) >= 11 is 0. The maximum Gasteiger partial charge on any atom is 0.320 e. The van der Waals surface area contributed by atoms with Gasteiger partial charge in [0.2, 0.25) is 5.75 Å². The van der Waals surface area contributed by atoms with E-state index in [1.54, 1.807) is 17.0 Å². The lowest BCUT2D eigenvalue weighted by atomic mass is 10.1. The fourth-order valence-corrected chi connectivity index (χ4v) is 4.11. The van der Waals surface area contributed by atoms with Crippen molar-refractivity contribution >= 4 is 23.3 Å². The zero-order valence-electron chi connectivity index (χ0n) is 19.3. The molecule has 176 valence electrons. The van der Waals surface area contributed by atoms with E-state index in [4.69, 9.17) is 14.2 Å². The van der Waals surface area contributed by atoms with Crippen molar-refractivity contribution in [1.29, 1.82) is 0 Å². The summed E-state index contributed by atoms with van der Waals surface area (Å²) in [5, 5.41) is 5.61. The lowest BCUT2D eigenvalue weighted by molar-refractivity contribution is -0.120. The Balaban J connectivity index is 1.58. The highest BCUT2D eigenvalue weighted by molar-refractivity contribution is 6.02. The van der Waals surface area contributed by atoms with Crippen LogP contribution in [0.4, 0.5) is 16.2 Å². The second kappa shape index (κ2) is 10.2. The number of amides is 3. The summed E-state index contributed by atoms with van der Waals surface area (Å²) in [6.07, 6.45) is 0.779. The average molecular weight is 462 g/mol. The van der Waals surface area contributed by atoms with Crippen LogP contribution in [0.5, 0.6) is 17.2 Å². The fourth-order valence-electron chi connectivity index (χ4n) is 4.11. The standard InChI is InChI=1S/C26H27N3O5/c1-32-21-15-19(16-22(33-2)24(21)34-3)27-26(31)28-23(18-10-5-4-6-11-18)25(30)29-14-13-17-9-7-8-12-20(17)29/h4-12,15-16,23H,13-14H2,1-3H3,(H2,27,28,31). The summed E-state index contributed by atoms with van der Waals surface area (Å²) in [5.41, 5.74) is 3.11. The number of benzene rings is 3. The predicted molar refractivity (Wildman–Crippen MR) is 130 cm³/mol. The van der Waals surface area contributed by atoms with Crippen LogP contribution in [0.15, 0.2) is 66.7 Å². The van der Waals surface area contributed by atoms with Crippen LogP contribution in [-0.2, 0) is 11.2 Å². The normalized spacial score (nSPS) is 13.0. The lowest BCUT2D eigenvalue weighted by Gasteiger charge is -2.25. The Morgan fingerprint density at radius 1 is 0.882 bits per heavy atom. The molecular weight excluding hydrogens is 434 g/mol. The summed E-state index contributed by atoms with van der Waals surface area (Å²) in [6.45, 7) is 0.567. The van der Waals surface area contributed by atoms with E-state index in [-0.39, 0.29) is 5.91 Å². The van der Waals surface area contributed by atoms with E-state index in [0.717, 1.165) is 17.7 Å². The molecule has 4 rings (SSSR count). The third kappa shape index (κ3) is 4.61. The number of para-hydroxylation sites is 1. The second-order valence-electron chi connectivity index (χ2n) is 7.72. The summed E-state index contributed by atoms with van der Waals surface area (Å²) in [4.78, 5) is 28.3. The minimum absolute atomic E-state index is 0.198. The van der Waals surface area contributed by atoms with E-state index in [1.807, 2.05) is 54.6 Å². The molecule has 0 saturated heterocycles. The Labute approximate surface area is 198 Å².